The molecule has 0 aromatic heterocycles. The van der Waals surface area contributed by atoms with Crippen molar-refractivity contribution in [2.45, 2.75) is 32.2 Å². The second-order valence-electron chi connectivity index (χ2n) is 5.52. The van der Waals surface area contributed by atoms with Crippen LogP contribution in [0.1, 0.15) is 25.3 Å². The molecule has 5 heteroatoms. The van der Waals surface area contributed by atoms with Crippen LogP contribution in [0, 0.1) is 5.92 Å². The lowest BCUT2D eigenvalue weighted by Gasteiger charge is -2.38. The van der Waals surface area contributed by atoms with E-state index >= 15 is 0 Å². The molecule has 1 aromatic rings. The van der Waals surface area contributed by atoms with Gasteiger partial charge < -0.3 is 10.6 Å². The van der Waals surface area contributed by atoms with Crippen LogP contribution in [0.4, 0.5) is 0 Å². The molecular formula is C15H20Cl2N2O. The van der Waals surface area contributed by atoms with E-state index in [4.69, 9.17) is 28.9 Å². The van der Waals surface area contributed by atoms with Gasteiger partial charge >= 0.3 is 0 Å². The maximum absolute atomic E-state index is 12.5. The summed E-state index contributed by atoms with van der Waals surface area (Å²) in [5.74, 6) is 0.725. The summed E-state index contributed by atoms with van der Waals surface area (Å²) in [5.41, 5.74) is 6.61. The van der Waals surface area contributed by atoms with E-state index in [0.717, 1.165) is 24.9 Å². The van der Waals surface area contributed by atoms with Crippen LogP contribution in [0.25, 0.3) is 0 Å². The second kappa shape index (κ2) is 6.79. The summed E-state index contributed by atoms with van der Waals surface area (Å²) in [5, 5.41) is 1.12. The largest absolute Gasteiger partial charge is 0.338 e. The van der Waals surface area contributed by atoms with E-state index in [1.807, 2.05) is 11.0 Å². The molecule has 0 bridgehead atoms. The average Bonchev–Trinajstić information content (AvgIpc) is 2.41. The Morgan fingerprint density at radius 1 is 1.45 bits per heavy atom. The fraction of sp³-hybridized carbons (Fsp3) is 0.533. The van der Waals surface area contributed by atoms with Gasteiger partial charge in [-0.15, -0.1) is 0 Å². The molecule has 2 atom stereocenters. The highest BCUT2D eigenvalue weighted by molar-refractivity contribution is 6.35. The first-order valence-electron chi connectivity index (χ1n) is 6.94. The van der Waals surface area contributed by atoms with Crippen LogP contribution in [0.15, 0.2) is 18.2 Å². The predicted molar refractivity (Wildman–Crippen MR) is 83.1 cm³/mol. The molecule has 0 aliphatic carbocycles. The van der Waals surface area contributed by atoms with Gasteiger partial charge in [0, 0.05) is 29.2 Å². The third-order valence-electron chi connectivity index (χ3n) is 3.93. The van der Waals surface area contributed by atoms with Gasteiger partial charge in [-0.3, -0.25) is 4.79 Å². The number of nitrogens with two attached hydrogens (primary N) is 1. The second-order valence-corrected chi connectivity index (χ2v) is 6.36. The minimum atomic E-state index is 0.0940. The molecule has 0 spiro atoms. The number of carbonyl (C=O) groups is 1. The van der Waals surface area contributed by atoms with Crippen LogP contribution < -0.4 is 5.73 Å². The SMILES string of the molecule is CC1CCN(C(=O)Cc2ccc(Cl)cc2Cl)C(CN)C1. The number of hydrogen-bond acceptors (Lipinski definition) is 2. The highest BCUT2D eigenvalue weighted by atomic mass is 35.5. The minimum Gasteiger partial charge on any atom is -0.338 e. The Kier molecular flexibility index (Phi) is 5.30. The maximum Gasteiger partial charge on any atom is 0.227 e. The molecule has 1 saturated heterocycles. The monoisotopic (exact) mass is 314 g/mol. The molecule has 1 aliphatic rings. The van der Waals surface area contributed by atoms with Crippen molar-refractivity contribution in [3.05, 3.63) is 33.8 Å². The molecule has 1 fully saturated rings. The molecule has 3 nitrogen and oxygen atoms in total. The zero-order valence-corrected chi connectivity index (χ0v) is 13.1. The normalized spacial score (nSPS) is 22.9. The van der Waals surface area contributed by atoms with Crippen molar-refractivity contribution in [3.63, 3.8) is 0 Å². The molecule has 2 N–H and O–H groups in total. The Balaban J connectivity index is 2.07. The molecule has 20 heavy (non-hydrogen) atoms. The Labute approximate surface area is 130 Å². The smallest absolute Gasteiger partial charge is 0.227 e. The van der Waals surface area contributed by atoms with Crippen LogP contribution in [0.3, 0.4) is 0 Å². The highest BCUT2D eigenvalue weighted by Gasteiger charge is 2.28. The van der Waals surface area contributed by atoms with Gasteiger partial charge in [-0.2, -0.15) is 0 Å². The summed E-state index contributed by atoms with van der Waals surface area (Å²) in [7, 11) is 0. The Morgan fingerprint density at radius 2 is 2.20 bits per heavy atom. The van der Waals surface area contributed by atoms with E-state index in [1.165, 1.54) is 0 Å². The van der Waals surface area contributed by atoms with E-state index < -0.39 is 0 Å². The number of halogens is 2. The summed E-state index contributed by atoms with van der Waals surface area (Å²) in [6, 6.07) is 5.39. The van der Waals surface area contributed by atoms with Crippen molar-refractivity contribution in [2.24, 2.45) is 11.7 Å². The fourth-order valence-electron chi connectivity index (χ4n) is 2.73. The summed E-state index contributed by atoms with van der Waals surface area (Å²) in [4.78, 5) is 14.4. The first kappa shape index (κ1) is 15.6. The van der Waals surface area contributed by atoms with E-state index in [9.17, 15) is 4.79 Å². The van der Waals surface area contributed by atoms with Gasteiger partial charge in [0.25, 0.3) is 0 Å². The molecular weight excluding hydrogens is 295 g/mol. The van der Waals surface area contributed by atoms with Crippen molar-refractivity contribution in [1.82, 2.24) is 4.90 Å². The quantitative estimate of drug-likeness (QED) is 0.931. The highest BCUT2D eigenvalue weighted by Crippen LogP contribution is 2.25. The van der Waals surface area contributed by atoms with E-state index in [2.05, 4.69) is 6.92 Å². The zero-order chi connectivity index (χ0) is 14.7. The van der Waals surface area contributed by atoms with Crippen molar-refractivity contribution >= 4 is 29.1 Å². The number of nitrogens with zero attached hydrogens (tertiary/aromatic N) is 1. The topological polar surface area (TPSA) is 46.3 Å². The van der Waals surface area contributed by atoms with Gasteiger partial charge in [0.15, 0.2) is 0 Å². The van der Waals surface area contributed by atoms with E-state index in [-0.39, 0.29) is 11.9 Å². The van der Waals surface area contributed by atoms with Crippen molar-refractivity contribution in [2.75, 3.05) is 13.1 Å². The van der Waals surface area contributed by atoms with Gasteiger partial charge in [0.2, 0.25) is 5.91 Å². The van der Waals surface area contributed by atoms with Gasteiger partial charge in [-0.1, -0.05) is 36.2 Å². The van der Waals surface area contributed by atoms with Crippen LogP contribution in [-0.4, -0.2) is 29.9 Å². The summed E-state index contributed by atoms with van der Waals surface area (Å²) >= 11 is 12.0. The molecule has 0 radical (unpaired) electrons. The van der Waals surface area contributed by atoms with Crippen LogP contribution in [0.5, 0.6) is 0 Å². The average molecular weight is 315 g/mol. The predicted octanol–water partition coefficient (Wildman–Crippen LogP) is 3.12. The molecule has 0 saturated carbocycles. The molecule has 2 rings (SSSR count). The first-order chi connectivity index (χ1) is 9.51. The van der Waals surface area contributed by atoms with Crippen molar-refractivity contribution < 1.29 is 4.79 Å². The van der Waals surface area contributed by atoms with Crippen LogP contribution in [-0.2, 0) is 11.2 Å². The molecule has 110 valence electrons. The number of carbonyl (C=O) groups excluding carboxylic acids is 1. The Morgan fingerprint density at radius 3 is 2.85 bits per heavy atom. The third kappa shape index (κ3) is 3.66. The van der Waals surface area contributed by atoms with Crippen molar-refractivity contribution in [1.29, 1.82) is 0 Å². The van der Waals surface area contributed by atoms with Crippen LogP contribution >= 0.6 is 23.2 Å². The Bertz CT molecular complexity index is 493. The summed E-state index contributed by atoms with van der Waals surface area (Å²) in [6.07, 6.45) is 2.33. The fourth-order valence-corrected chi connectivity index (χ4v) is 3.21. The number of piperidine rings is 1. The maximum atomic E-state index is 12.5. The third-order valence-corrected chi connectivity index (χ3v) is 4.51. The van der Waals surface area contributed by atoms with E-state index in [1.54, 1.807) is 12.1 Å². The first-order valence-corrected chi connectivity index (χ1v) is 7.70. The number of amides is 1. The van der Waals surface area contributed by atoms with E-state index in [0.29, 0.717) is 28.9 Å². The molecule has 1 aromatic carbocycles. The molecule has 1 heterocycles. The standard InChI is InChI=1S/C15H20Cl2N2O/c1-10-4-5-19(13(6-10)9-18)15(20)7-11-2-3-12(16)8-14(11)17/h2-3,8,10,13H,4-7,9,18H2,1H3. The van der Waals surface area contributed by atoms with Gasteiger partial charge in [-0.25, -0.2) is 0 Å². The van der Waals surface area contributed by atoms with Crippen LogP contribution in [0.2, 0.25) is 10.0 Å². The number of rotatable bonds is 3. The lowest BCUT2D eigenvalue weighted by atomic mass is 9.92. The number of benzene rings is 1. The zero-order valence-electron chi connectivity index (χ0n) is 11.6. The van der Waals surface area contributed by atoms with Gasteiger partial charge in [0.1, 0.15) is 0 Å². The van der Waals surface area contributed by atoms with Gasteiger partial charge in [-0.05, 0) is 36.5 Å². The lowest BCUT2D eigenvalue weighted by Crippen LogP contribution is -2.49. The van der Waals surface area contributed by atoms with Gasteiger partial charge in [0.05, 0.1) is 6.42 Å². The summed E-state index contributed by atoms with van der Waals surface area (Å²) < 4.78 is 0. The Hall–Kier alpha value is -0.770. The number of likely N-dealkylation sites (tertiary alicyclic amines) is 1. The lowest BCUT2D eigenvalue weighted by molar-refractivity contribution is -0.134. The molecule has 1 amide bonds. The van der Waals surface area contributed by atoms with Crippen molar-refractivity contribution in [3.8, 4) is 0 Å². The minimum absolute atomic E-state index is 0.0940. The number of hydrogen-bond donors (Lipinski definition) is 1. The molecule has 1 aliphatic heterocycles. The summed E-state index contributed by atoms with van der Waals surface area (Å²) in [6.45, 7) is 3.51. The molecule has 2 unspecified atom stereocenters.